The van der Waals surface area contributed by atoms with E-state index in [0.29, 0.717) is 5.41 Å². The summed E-state index contributed by atoms with van der Waals surface area (Å²) in [6.07, 6.45) is 8.06. The molecule has 0 bridgehead atoms. The first-order valence-electron chi connectivity index (χ1n) is 8.86. The third-order valence-corrected chi connectivity index (χ3v) is 5.91. The normalized spacial score (nSPS) is 23.6. The van der Waals surface area contributed by atoms with Crippen molar-refractivity contribution in [1.82, 2.24) is 9.80 Å². The minimum absolute atomic E-state index is 0.363. The monoisotopic (exact) mass is 281 g/mol. The Morgan fingerprint density at radius 1 is 0.950 bits per heavy atom. The van der Waals surface area contributed by atoms with E-state index in [1.807, 2.05) is 0 Å². The second-order valence-electron chi connectivity index (χ2n) is 7.14. The Balaban J connectivity index is 1.73. The molecule has 2 heterocycles. The van der Waals surface area contributed by atoms with Gasteiger partial charge in [0.15, 0.2) is 0 Å². The van der Waals surface area contributed by atoms with E-state index in [1.165, 1.54) is 77.8 Å². The lowest BCUT2D eigenvalue weighted by Crippen LogP contribution is -2.46. The fourth-order valence-corrected chi connectivity index (χ4v) is 3.96. The van der Waals surface area contributed by atoms with Crippen LogP contribution < -0.4 is 5.73 Å². The Morgan fingerprint density at radius 2 is 1.55 bits per heavy atom. The number of nitrogens with zero attached hydrogens (tertiary/aromatic N) is 2. The fraction of sp³-hybridized carbons (Fsp3) is 1.00. The summed E-state index contributed by atoms with van der Waals surface area (Å²) in [5.74, 6) is 0.944. The molecule has 0 amide bonds. The quantitative estimate of drug-likeness (QED) is 0.778. The maximum absolute atomic E-state index is 6.05. The molecule has 0 radical (unpaired) electrons. The van der Waals surface area contributed by atoms with E-state index in [1.54, 1.807) is 0 Å². The van der Waals surface area contributed by atoms with E-state index in [0.717, 1.165) is 12.5 Å². The zero-order chi connectivity index (χ0) is 14.4. The average molecular weight is 281 g/mol. The fourth-order valence-electron chi connectivity index (χ4n) is 3.96. The van der Waals surface area contributed by atoms with Gasteiger partial charge in [-0.3, -0.25) is 0 Å². The van der Waals surface area contributed by atoms with Gasteiger partial charge in [0, 0.05) is 13.1 Å². The van der Waals surface area contributed by atoms with Crippen molar-refractivity contribution in [3.8, 4) is 0 Å². The van der Waals surface area contributed by atoms with Crippen molar-refractivity contribution in [3.05, 3.63) is 0 Å². The summed E-state index contributed by atoms with van der Waals surface area (Å²) in [4.78, 5) is 5.36. The lowest BCUT2D eigenvalue weighted by atomic mass is 9.81. The van der Waals surface area contributed by atoms with Crippen LogP contribution in [0.3, 0.4) is 0 Å². The van der Waals surface area contributed by atoms with Gasteiger partial charge in [0.1, 0.15) is 0 Å². The summed E-state index contributed by atoms with van der Waals surface area (Å²) < 4.78 is 0. The highest BCUT2D eigenvalue weighted by molar-refractivity contribution is 4.84. The number of piperidine rings is 1. The predicted molar refractivity (Wildman–Crippen MR) is 86.9 cm³/mol. The molecule has 2 N–H and O–H groups in total. The summed E-state index contributed by atoms with van der Waals surface area (Å²) in [6.45, 7) is 13.3. The topological polar surface area (TPSA) is 32.5 Å². The molecular formula is C17H35N3. The SMILES string of the molecule is CCC(CC)(CN)CN1CCC(CN2CCCC2)CC1. The van der Waals surface area contributed by atoms with Crippen molar-refractivity contribution in [2.75, 3.05) is 45.8 Å². The molecule has 0 aromatic heterocycles. The zero-order valence-electron chi connectivity index (χ0n) is 13.7. The van der Waals surface area contributed by atoms with Crippen LogP contribution >= 0.6 is 0 Å². The first kappa shape index (κ1) is 16.3. The lowest BCUT2D eigenvalue weighted by molar-refractivity contribution is 0.0964. The van der Waals surface area contributed by atoms with Gasteiger partial charge in [-0.1, -0.05) is 13.8 Å². The van der Waals surface area contributed by atoms with Gasteiger partial charge in [0.05, 0.1) is 0 Å². The third kappa shape index (κ3) is 4.19. The molecule has 0 spiro atoms. The maximum atomic E-state index is 6.05. The van der Waals surface area contributed by atoms with Crippen LogP contribution in [0.2, 0.25) is 0 Å². The Kier molecular flexibility index (Phi) is 6.31. The molecule has 3 heteroatoms. The van der Waals surface area contributed by atoms with Crippen LogP contribution in [0.4, 0.5) is 0 Å². The molecule has 2 rings (SSSR count). The van der Waals surface area contributed by atoms with Gasteiger partial charge in [0.25, 0.3) is 0 Å². The third-order valence-electron chi connectivity index (χ3n) is 5.91. The molecule has 0 aliphatic carbocycles. The summed E-state index contributed by atoms with van der Waals surface area (Å²) in [6, 6.07) is 0. The molecule has 0 aromatic carbocycles. The highest BCUT2D eigenvalue weighted by Crippen LogP contribution is 2.29. The molecule has 3 nitrogen and oxygen atoms in total. The summed E-state index contributed by atoms with van der Waals surface area (Å²) in [5, 5.41) is 0. The molecular weight excluding hydrogens is 246 g/mol. The molecule has 2 saturated heterocycles. The minimum Gasteiger partial charge on any atom is -0.330 e. The van der Waals surface area contributed by atoms with Crippen LogP contribution in [-0.4, -0.2) is 55.6 Å². The molecule has 2 aliphatic rings. The van der Waals surface area contributed by atoms with Crippen molar-refractivity contribution in [2.45, 2.75) is 52.4 Å². The zero-order valence-corrected chi connectivity index (χ0v) is 13.7. The standard InChI is InChI=1S/C17H35N3/c1-3-17(4-2,14-18)15-20-11-7-16(8-12-20)13-19-9-5-6-10-19/h16H,3-15,18H2,1-2H3. The van der Waals surface area contributed by atoms with Crippen molar-refractivity contribution in [1.29, 1.82) is 0 Å². The Labute approximate surface area is 125 Å². The van der Waals surface area contributed by atoms with Gasteiger partial charge >= 0.3 is 0 Å². The highest BCUT2D eigenvalue weighted by atomic mass is 15.2. The number of rotatable bonds is 7. The van der Waals surface area contributed by atoms with Crippen molar-refractivity contribution >= 4 is 0 Å². The van der Waals surface area contributed by atoms with Crippen LogP contribution in [0, 0.1) is 11.3 Å². The minimum atomic E-state index is 0.363. The first-order chi connectivity index (χ1) is 9.71. The molecule has 0 atom stereocenters. The summed E-state index contributed by atoms with van der Waals surface area (Å²) in [7, 11) is 0. The Hall–Kier alpha value is -0.120. The van der Waals surface area contributed by atoms with Crippen LogP contribution in [0.5, 0.6) is 0 Å². The Bertz CT molecular complexity index is 253. The Morgan fingerprint density at radius 3 is 2.05 bits per heavy atom. The van der Waals surface area contributed by atoms with E-state index < -0.39 is 0 Å². The van der Waals surface area contributed by atoms with Crippen LogP contribution in [0.15, 0.2) is 0 Å². The molecule has 2 aliphatic heterocycles. The van der Waals surface area contributed by atoms with Gasteiger partial charge in [0.2, 0.25) is 0 Å². The van der Waals surface area contributed by atoms with Crippen molar-refractivity contribution < 1.29 is 0 Å². The average Bonchev–Trinajstić information content (AvgIpc) is 3.00. The van der Waals surface area contributed by atoms with Crippen molar-refractivity contribution in [2.24, 2.45) is 17.1 Å². The number of hydrogen-bond acceptors (Lipinski definition) is 3. The molecule has 0 aromatic rings. The number of nitrogens with two attached hydrogens (primary N) is 1. The van der Waals surface area contributed by atoms with Gasteiger partial charge < -0.3 is 15.5 Å². The lowest BCUT2D eigenvalue weighted by Gasteiger charge is -2.40. The molecule has 20 heavy (non-hydrogen) atoms. The van der Waals surface area contributed by atoms with E-state index in [4.69, 9.17) is 5.73 Å². The largest absolute Gasteiger partial charge is 0.330 e. The van der Waals surface area contributed by atoms with E-state index in [2.05, 4.69) is 23.6 Å². The molecule has 118 valence electrons. The second kappa shape index (κ2) is 7.77. The predicted octanol–water partition coefficient (Wildman–Crippen LogP) is 2.56. The van der Waals surface area contributed by atoms with E-state index in [-0.39, 0.29) is 0 Å². The molecule has 2 fully saturated rings. The van der Waals surface area contributed by atoms with Gasteiger partial charge in [-0.05, 0) is 82.6 Å². The van der Waals surface area contributed by atoms with E-state index >= 15 is 0 Å². The summed E-state index contributed by atoms with van der Waals surface area (Å²) >= 11 is 0. The summed E-state index contributed by atoms with van der Waals surface area (Å²) in [5.41, 5.74) is 6.41. The van der Waals surface area contributed by atoms with Crippen LogP contribution in [-0.2, 0) is 0 Å². The van der Waals surface area contributed by atoms with Gasteiger partial charge in [-0.25, -0.2) is 0 Å². The highest BCUT2D eigenvalue weighted by Gasteiger charge is 2.30. The number of hydrogen-bond donors (Lipinski definition) is 1. The van der Waals surface area contributed by atoms with Crippen molar-refractivity contribution in [3.63, 3.8) is 0 Å². The first-order valence-corrected chi connectivity index (χ1v) is 8.86. The van der Waals surface area contributed by atoms with Gasteiger partial charge in [-0.2, -0.15) is 0 Å². The van der Waals surface area contributed by atoms with Crippen LogP contribution in [0.1, 0.15) is 52.4 Å². The van der Waals surface area contributed by atoms with Gasteiger partial charge in [-0.15, -0.1) is 0 Å². The molecule has 0 unspecified atom stereocenters. The smallest absolute Gasteiger partial charge is 0.00499 e. The van der Waals surface area contributed by atoms with E-state index in [9.17, 15) is 0 Å². The molecule has 0 saturated carbocycles. The number of likely N-dealkylation sites (tertiary alicyclic amines) is 2. The van der Waals surface area contributed by atoms with Crippen LogP contribution in [0.25, 0.3) is 0 Å². The maximum Gasteiger partial charge on any atom is 0.00499 e. The second-order valence-corrected chi connectivity index (χ2v) is 7.14.